The van der Waals surface area contributed by atoms with Crippen LogP contribution >= 0.6 is 0 Å². The summed E-state index contributed by atoms with van der Waals surface area (Å²) in [5.41, 5.74) is 5.06. The van der Waals surface area contributed by atoms with Gasteiger partial charge in [0.15, 0.2) is 0 Å². The fourth-order valence-corrected chi connectivity index (χ4v) is 2.10. The van der Waals surface area contributed by atoms with Crippen molar-refractivity contribution < 1.29 is 19.5 Å². The number of aliphatic carboxylic acids is 1. The normalized spacial score (nSPS) is 19.2. The van der Waals surface area contributed by atoms with Gasteiger partial charge in [0.05, 0.1) is 0 Å². The molecule has 0 radical (unpaired) electrons. The van der Waals surface area contributed by atoms with Crippen molar-refractivity contribution >= 4 is 17.8 Å². The van der Waals surface area contributed by atoms with E-state index >= 15 is 0 Å². The third-order valence-electron chi connectivity index (χ3n) is 3.03. The maximum absolute atomic E-state index is 11.1. The van der Waals surface area contributed by atoms with Gasteiger partial charge in [-0.2, -0.15) is 0 Å². The molecule has 1 aliphatic heterocycles. The zero-order valence-electron chi connectivity index (χ0n) is 9.18. The van der Waals surface area contributed by atoms with E-state index in [9.17, 15) is 14.4 Å². The first kappa shape index (κ1) is 12.5. The van der Waals surface area contributed by atoms with E-state index < -0.39 is 17.8 Å². The quantitative estimate of drug-likeness (QED) is 0.632. The highest BCUT2D eigenvalue weighted by atomic mass is 16.4. The third kappa shape index (κ3) is 2.71. The van der Waals surface area contributed by atoms with Crippen molar-refractivity contribution in [1.82, 2.24) is 4.90 Å². The predicted molar refractivity (Wildman–Crippen MR) is 55.3 cm³/mol. The molecule has 0 saturated carbocycles. The van der Waals surface area contributed by atoms with Gasteiger partial charge in [-0.3, -0.25) is 14.4 Å². The lowest BCUT2D eigenvalue weighted by Crippen LogP contribution is -2.44. The van der Waals surface area contributed by atoms with E-state index in [1.807, 2.05) is 0 Å². The Kier molecular flexibility index (Phi) is 3.87. The van der Waals surface area contributed by atoms with Crippen molar-refractivity contribution in [3.8, 4) is 0 Å². The van der Waals surface area contributed by atoms with Crippen molar-refractivity contribution in [2.75, 3.05) is 13.1 Å². The molecule has 0 bridgehead atoms. The van der Waals surface area contributed by atoms with Crippen LogP contribution in [0.5, 0.6) is 0 Å². The number of piperidine rings is 1. The number of nitrogens with two attached hydrogens (primary N) is 1. The van der Waals surface area contributed by atoms with Crippen LogP contribution in [0.2, 0.25) is 0 Å². The van der Waals surface area contributed by atoms with Crippen LogP contribution in [-0.2, 0) is 14.4 Å². The van der Waals surface area contributed by atoms with Gasteiger partial charge >= 0.3 is 5.97 Å². The molecule has 0 aromatic carbocycles. The highest BCUT2D eigenvalue weighted by Crippen LogP contribution is 2.25. The van der Waals surface area contributed by atoms with Gasteiger partial charge in [-0.15, -0.1) is 0 Å². The summed E-state index contributed by atoms with van der Waals surface area (Å²) in [5.74, 6) is -3.38. The second-order valence-corrected chi connectivity index (χ2v) is 4.06. The minimum absolute atomic E-state index is 0.0237. The number of hydrogen-bond acceptors (Lipinski definition) is 3. The van der Waals surface area contributed by atoms with E-state index in [2.05, 4.69) is 0 Å². The number of carbonyl (C=O) groups excluding carboxylic acids is 2. The number of hydrogen-bond donors (Lipinski definition) is 2. The molecule has 0 aromatic rings. The van der Waals surface area contributed by atoms with Crippen LogP contribution in [0.25, 0.3) is 0 Å². The summed E-state index contributed by atoms with van der Waals surface area (Å²) in [5, 5.41) is 8.89. The molecule has 1 fully saturated rings. The number of rotatable bonds is 3. The Morgan fingerprint density at radius 1 is 1.31 bits per heavy atom. The summed E-state index contributed by atoms with van der Waals surface area (Å²) in [7, 11) is 0. The topological polar surface area (TPSA) is 101 Å². The smallest absolute Gasteiger partial charge is 0.316 e. The lowest BCUT2D eigenvalue weighted by molar-refractivity contribution is -0.149. The van der Waals surface area contributed by atoms with Crippen LogP contribution < -0.4 is 5.73 Å². The Bertz CT molecular complexity index is 294. The monoisotopic (exact) mass is 228 g/mol. The Morgan fingerprint density at radius 2 is 1.81 bits per heavy atom. The van der Waals surface area contributed by atoms with E-state index in [0.717, 1.165) is 0 Å². The molecule has 16 heavy (non-hydrogen) atoms. The molecule has 0 spiro atoms. The van der Waals surface area contributed by atoms with Crippen molar-refractivity contribution in [3.05, 3.63) is 0 Å². The lowest BCUT2D eigenvalue weighted by atomic mass is 9.84. The maximum Gasteiger partial charge on any atom is 0.316 e. The van der Waals surface area contributed by atoms with Gasteiger partial charge < -0.3 is 15.7 Å². The molecular weight excluding hydrogens is 212 g/mol. The Morgan fingerprint density at radius 3 is 2.12 bits per heavy atom. The first-order valence-corrected chi connectivity index (χ1v) is 5.21. The average Bonchev–Trinajstić information content (AvgIpc) is 2.17. The van der Waals surface area contributed by atoms with Crippen molar-refractivity contribution in [1.29, 1.82) is 0 Å². The van der Waals surface area contributed by atoms with Gasteiger partial charge in [0.2, 0.25) is 11.8 Å². The van der Waals surface area contributed by atoms with Gasteiger partial charge in [-0.25, -0.2) is 0 Å². The summed E-state index contributed by atoms with van der Waals surface area (Å²) in [4.78, 5) is 34.6. The molecular formula is C10H16N2O4. The Balaban J connectivity index is 2.61. The van der Waals surface area contributed by atoms with Crippen LogP contribution in [0.3, 0.4) is 0 Å². The number of amides is 2. The zero-order valence-corrected chi connectivity index (χ0v) is 9.18. The van der Waals surface area contributed by atoms with Crippen molar-refractivity contribution in [3.63, 3.8) is 0 Å². The van der Waals surface area contributed by atoms with Crippen LogP contribution in [0, 0.1) is 11.8 Å². The van der Waals surface area contributed by atoms with Gasteiger partial charge in [-0.1, -0.05) is 0 Å². The Labute approximate surface area is 93.4 Å². The number of carboxylic acid groups (broad SMARTS) is 1. The van der Waals surface area contributed by atoms with E-state index in [0.29, 0.717) is 25.9 Å². The standard InChI is InChI=1S/C10H16N2O4/c1-6(13)12-4-2-7(3-5-12)8(9(11)14)10(15)16/h7-8H,2-5H2,1H3,(H2,11,14)(H,15,16). The molecule has 1 atom stereocenters. The maximum atomic E-state index is 11.1. The molecule has 1 saturated heterocycles. The van der Waals surface area contributed by atoms with Crippen LogP contribution in [0.15, 0.2) is 0 Å². The molecule has 3 N–H and O–H groups in total. The van der Waals surface area contributed by atoms with Crippen LogP contribution in [-0.4, -0.2) is 40.9 Å². The summed E-state index contributed by atoms with van der Waals surface area (Å²) in [6.45, 7) is 2.47. The number of primary amides is 1. The van der Waals surface area contributed by atoms with Crippen molar-refractivity contribution in [2.24, 2.45) is 17.6 Å². The molecule has 1 aliphatic rings. The number of likely N-dealkylation sites (tertiary alicyclic amines) is 1. The molecule has 1 heterocycles. The van der Waals surface area contributed by atoms with E-state index in [1.165, 1.54) is 6.92 Å². The molecule has 6 nitrogen and oxygen atoms in total. The van der Waals surface area contributed by atoms with Gasteiger partial charge in [-0.05, 0) is 18.8 Å². The minimum atomic E-state index is -1.17. The predicted octanol–water partition coefficient (Wildman–Crippen LogP) is -0.569. The van der Waals surface area contributed by atoms with Crippen LogP contribution in [0.1, 0.15) is 19.8 Å². The summed E-state index contributed by atoms with van der Waals surface area (Å²) in [6.07, 6.45) is 1.03. The fraction of sp³-hybridized carbons (Fsp3) is 0.700. The second kappa shape index (κ2) is 4.96. The highest BCUT2D eigenvalue weighted by molar-refractivity contribution is 5.96. The van der Waals surface area contributed by atoms with Gasteiger partial charge in [0, 0.05) is 20.0 Å². The van der Waals surface area contributed by atoms with Gasteiger partial charge in [0.25, 0.3) is 0 Å². The second-order valence-electron chi connectivity index (χ2n) is 4.06. The first-order chi connectivity index (χ1) is 7.43. The molecule has 6 heteroatoms. The summed E-state index contributed by atoms with van der Waals surface area (Å²) >= 11 is 0. The molecule has 0 aliphatic carbocycles. The average molecular weight is 228 g/mol. The van der Waals surface area contributed by atoms with Crippen molar-refractivity contribution in [2.45, 2.75) is 19.8 Å². The van der Waals surface area contributed by atoms with Gasteiger partial charge in [0.1, 0.15) is 5.92 Å². The number of carboxylic acids is 1. The molecule has 90 valence electrons. The molecule has 1 unspecified atom stereocenters. The first-order valence-electron chi connectivity index (χ1n) is 5.21. The Hall–Kier alpha value is -1.59. The SMILES string of the molecule is CC(=O)N1CCC(C(C(N)=O)C(=O)O)CC1. The summed E-state index contributed by atoms with van der Waals surface area (Å²) < 4.78 is 0. The lowest BCUT2D eigenvalue weighted by Gasteiger charge is -2.33. The van der Waals surface area contributed by atoms with E-state index in [1.54, 1.807) is 4.90 Å². The third-order valence-corrected chi connectivity index (χ3v) is 3.03. The molecule has 2 amide bonds. The zero-order chi connectivity index (χ0) is 12.3. The minimum Gasteiger partial charge on any atom is -0.481 e. The van der Waals surface area contributed by atoms with Crippen LogP contribution in [0.4, 0.5) is 0 Å². The van der Waals surface area contributed by atoms with E-state index in [-0.39, 0.29) is 11.8 Å². The molecule has 1 rings (SSSR count). The van der Waals surface area contributed by atoms with E-state index in [4.69, 9.17) is 10.8 Å². The number of carbonyl (C=O) groups is 3. The summed E-state index contributed by atoms with van der Waals surface area (Å²) in [6, 6.07) is 0. The fourth-order valence-electron chi connectivity index (χ4n) is 2.10. The number of nitrogens with zero attached hydrogens (tertiary/aromatic N) is 1. The molecule has 0 aromatic heterocycles. The largest absolute Gasteiger partial charge is 0.481 e. The highest BCUT2D eigenvalue weighted by Gasteiger charge is 2.35.